The van der Waals surface area contributed by atoms with Gasteiger partial charge in [0.15, 0.2) is 0 Å². The molecule has 0 radical (unpaired) electrons. The summed E-state index contributed by atoms with van der Waals surface area (Å²) >= 11 is 1.27. The molecule has 0 aliphatic carbocycles. The van der Waals surface area contributed by atoms with E-state index >= 15 is 0 Å². The van der Waals surface area contributed by atoms with Gasteiger partial charge >= 0.3 is 0 Å². The number of rotatable bonds is 4. The first-order chi connectivity index (χ1) is 9.41. The molecule has 0 saturated carbocycles. The Hall–Kier alpha value is -1.46. The lowest BCUT2D eigenvalue weighted by atomic mass is 10.1. The number of carbonyl (C=O) groups excluding carboxylic acids is 1. The number of hydrogen-bond donors (Lipinski definition) is 2. The number of fused-ring (bicyclic) bond motifs is 1. The van der Waals surface area contributed by atoms with Crippen LogP contribution in [0.1, 0.15) is 29.1 Å². The van der Waals surface area contributed by atoms with Crippen molar-refractivity contribution in [1.82, 2.24) is 5.32 Å². The fourth-order valence-corrected chi connectivity index (χ4v) is 3.12. The van der Waals surface area contributed by atoms with E-state index in [9.17, 15) is 14.3 Å². The van der Waals surface area contributed by atoms with Gasteiger partial charge in [0, 0.05) is 16.6 Å². The lowest BCUT2D eigenvalue weighted by Gasteiger charge is -2.14. The van der Waals surface area contributed by atoms with E-state index < -0.39 is 6.10 Å². The highest BCUT2D eigenvalue weighted by molar-refractivity contribution is 7.21. The van der Waals surface area contributed by atoms with Crippen molar-refractivity contribution in [2.75, 3.05) is 6.54 Å². The SMILES string of the molecule is Cc1c(C(=O)NCC(O)C(C)C)sc2cccc(F)c12. The van der Waals surface area contributed by atoms with E-state index in [1.807, 2.05) is 13.8 Å². The first-order valence-corrected chi connectivity index (χ1v) is 7.37. The van der Waals surface area contributed by atoms with Crippen LogP contribution in [0.4, 0.5) is 4.39 Å². The minimum Gasteiger partial charge on any atom is -0.391 e. The number of amides is 1. The van der Waals surface area contributed by atoms with Gasteiger partial charge in [-0.25, -0.2) is 4.39 Å². The smallest absolute Gasteiger partial charge is 0.261 e. The van der Waals surface area contributed by atoms with E-state index in [0.717, 1.165) is 4.70 Å². The number of benzene rings is 1. The summed E-state index contributed by atoms with van der Waals surface area (Å²) in [5.74, 6) is -0.489. The Morgan fingerprint density at radius 1 is 1.45 bits per heavy atom. The summed E-state index contributed by atoms with van der Waals surface area (Å²) in [6.07, 6.45) is -0.578. The van der Waals surface area contributed by atoms with Crippen LogP contribution in [0, 0.1) is 18.7 Å². The van der Waals surface area contributed by atoms with Gasteiger partial charge in [-0.1, -0.05) is 19.9 Å². The second kappa shape index (κ2) is 5.89. The Morgan fingerprint density at radius 2 is 2.15 bits per heavy atom. The summed E-state index contributed by atoms with van der Waals surface area (Å²) in [6.45, 7) is 5.72. The van der Waals surface area contributed by atoms with Gasteiger partial charge in [-0.3, -0.25) is 4.79 Å². The third-order valence-corrected chi connectivity index (χ3v) is 4.61. The molecule has 0 bridgehead atoms. The zero-order valence-electron chi connectivity index (χ0n) is 11.7. The van der Waals surface area contributed by atoms with Crippen LogP contribution < -0.4 is 5.32 Å². The van der Waals surface area contributed by atoms with Gasteiger partial charge in [0.25, 0.3) is 5.91 Å². The molecule has 1 heterocycles. The molecule has 2 rings (SSSR count). The number of aliphatic hydroxyl groups is 1. The average molecular weight is 295 g/mol. The van der Waals surface area contributed by atoms with Crippen molar-refractivity contribution in [2.24, 2.45) is 5.92 Å². The van der Waals surface area contributed by atoms with E-state index in [1.54, 1.807) is 19.1 Å². The summed E-state index contributed by atoms with van der Waals surface area (Å²) in [5, 5.41) is 12.9. The van der Waals surface area contributed by atoms with Crippen LogP contribution in [0.5, 0.6) is 0 Å². The third kappa shape index (κ3) is 2.83. The fraction of sp³-hybridized carbons (Fsp3) is 0.400. The molecule has 2 aromatic rings. The van der Waals surface area contributed by atoms with Crippen LogP contribution in [0.3, 0.4) is 0 Å². The van der Waals surface area contributed by atoms with Crippen LogP contribution in [-0.4, -0.2) is 23.7 Å². The maximum Gasteiger partial charge on any atom is 0.261 e. The van der Waals surface area contributed by atoms with E-state index in [2.05, 4.69) is 5.32 Å². The molecular formula is C15H18FNO2S. The molecule has 0 saturated heterocycles. The van der Waals surface area contributed by atoms with Crippen molar-refractivity contribution in [3.05, 3.63) is 34.5 Å². The topological polar surface area (TPSA) is 49.3 Å². The summed E-state index contributed by atoms with van der Waals surface area (Å²) < 4.78 is 14.5. The molecule has 3 nitrogen and oxygen atoms in total. The van der Waals surface area contributed by atoms with Crippen molar-refractivity contribution in [1.29, 1.82) is 0 Å². The summed E-state index contributed by atoms with van der Waals surface area (Å²) in [4.78, 5) is 12.6. The molecule has 2 N–H and O–H groups in total. The highest BCUT2D eigenvalue weighted by Crippen LogP contribution is 2.32. The van der Waals surface area contributed by atoms with Gasteiger partial charge < -0.3 is 10.4 Å². The number of carbonyl (C=O) groups is 1. The van der Waals surface area contributed by atoms with Crippen LogP contribution in [0.2, 0.25) is 0 Å². The first kappa shape index (κ1) is 14.9. The van der Waals surface area contributed by atoms with Gasteiger partial charge in [0.05, 0.1) is 11.0 Å². The van der Waals surface area contributed by atoms with Crippen molar-refractivity contribution in [3.8, 4) is 0 Å². The normalized spacial score (nSPS) is 12.9. The zero-order valence-corrected chi connectivity index (χ0v) is 12.6. The van der Waals surface area contributed by atoms with Gasteiger partial charge in [0.2, 0.25) is 0 Å². The molecular weight excluding hydrogens is 277 g/mol. The second-order valence-electron chi connectivity index (χ2n) is 5.19. The number of halogens is 1. The number of aryl methyl sites for hydroxylation is 1. The minimum absolute atomic E-state index is 0.0799. The summed E-state index contributed by atoms with van der Waals surface area (Å²) in [5.41, 5.74) is 0.652. The number of thiophene rings is 1. The van der Waals surface area contributed by atoms with Crippen molar-refractivity contribution < 1.29 is 14.3 Å². The molecule has 108 valence electrons. The molecule has 0 fully saturated rings. The average Bonchev–Trinajstić information content (AvgIpc) is 2.74. The quantitative estimate of drug-likeness (QED) is 0.910. The van der Waals surface area contributed by atoms with Crippen LogP contribution in [0.15, 0.2) is 18.2 Å². The molecule has 1 aromatic heterocycles. The standard InChI is InChI=1S/C15H18FNO2S/c1-8(2)11(18)7-17-15(19)14-9(3)13-10(16)5-4-6-12(13)20-14/h4-6,8,11,18H,7H2,1-3H3,(H,17,19). The van der Waals surface area contributed by atoms with Gasteiger partial charge in [0.1, 0.15) is 5.82 Å². The molecule has 20 heavy (non-hydrogen) atoms. The van der Waals surface area contributed by atoms with Crippen LogP contribution >= 0.6 is 11.3 Å². The van der Waals surface area contributed by atoms with Crippen molar-refractivity contribution in [2.45, 2.75) is 26.9 Å². The Labute approximate surface area is 121 Å². The van der Waals surface area contributed by atoms with Crippen LogP contribution in [0.25, 0.3) is 10.1 Å². The van der Waals surface area contributed by atoms with Gasteiger partial charge in [-0.15, -0.1) is 11.3 Å². The zero-order chi connectivity index (χ0) is 14.9. The fourth-order valence-electron chi connectivity index (χ4n) is 1.98. The third-order valence-electron chi connectivity index (χ3n) is 3.35. The maximum absolute atomic E-state index is 13.8. The highest BCUT2D eigenvalue weighted by atomic mass is 32.1. The lowest BCUT2D eigenvalue weighted by Crippen LogP contribution is -2.34. The predicted octanol–water partition coefficient (Wildman–Crippen LogP) is 3.10. The van der Waals surface area contributed by atoms with Crippen molar-refractivity contribution >= 4 is 27.3 Å². The Morgan fingerprint density at radius 3 is 2.75 bits per heavy atom. The molecule has 0 spiro atoms. The van der Waals surface area contributed by atoms with E-state index in [4.69, 9.17) is 0 Å². The summed E-state index contributed by atoms with van der Waals surface area (Å²) in [7, 11) is 0. The summed E-state index contributed by atoms with van der Waals surface area (Å²) in [6, 6.07) is 4.83. The Balaban J connectivity index is 2.23. The van der Waals surface area contributed by atoms with Crippen molar-refractivity contribution in [3.63, 3.8) is 0 Å². The largest absolute Gasteiger partial charge is 0.391 e. The lowest BCUT2D eigenvalue weighted by molar-refractivity contribution is 0.0875. The van der Waals surface area contributed by atoms with E-state index in [0.29, 0.717) is 15.8 Å². The van der Waals surface area contributed by atoms with E-state index in [-0.39, 0.29) is 24.2 Å². The first-order valence-electron chi connectivity index (χ1n) is 6.55. The molecule has 1 unspecified atom stereocenters. The predicted molar refractivity (Wildman–Crippen MR) is 79.7 cm³/mol. The molecule has 1 aromatic carbocycles. The Bertz CT molecular complexity index is 636. The highest BCUT2D eigenvalue weighted by Gasteiger charge is 2.18. The van der Waals surface area contributed by atoms with E-state index in [1.165, 1.54) is 17.4 Å². The number of aliphatic hydroxyl groups excluding tert-OH is 1. The van der Waals surface area contributed by atoms with Crippen LogP contribution in [-0.2, 0) is 0 Å². The minimum atomic E-state index is -0.578. The molecule has 1 amide bonds. The second-order valence-corrected chi connectivity index (χ2v) is 6.24. The monoisotopic (exact) mass is 295 g/mol. The Kier molecular flexibility index (Phi) is 4.40. The number of nitrogens with one attached hydrogen (secondary N) is 1. The van der Waals surface area contributed by atoms with Gasteiger partial charge in [-0.05, 0) is 30.5 Å². The number of hydrogen-bond acceptors (Lipinski definition) is 3. The molecule has 0 aliphatic rings. The molecule has 5 heteroatoms. The van der Waals surface area contributed by atoms with Gasteiger partial charge in [-0.2, -0.15) is 0 Å². The maximum atomic E-state index is 13.8. The molecule has 1 atom stereocenters. The molecule has 0 aliphatic heterocycles.